The predicted octanol–water partition coefficient (Wildman–Crippen LogP) is 4.81. The average Bonchev–Trinajstić information content (AvgIpc) is 2.47. The summed E-state index contributed by atoms with van der Waals surface area (Å²) in [5.41, 5.74) is 0. The number of unbranched alkanes of at least 4 members (excludes halogenated alkanes) is 7. The molecule has 0 aliphatic rings. The second-order valence-corrected chi connectivity index (χ2v) is 4.79. The maximum absolute atomic E-state index is 10.9. The van der Waals surface area contributed by atoms with Crippen LogP contribution in [0.5, 0.6) is 0 Å². The summed E-state index contributed by atoms with van der Waals surface area (Å²) in [5, 5.41) is 0. The van der Waals surface area contributed by atoms with Crippen LogP contribution >= 0.6 is 0 Å². The van der Waals surface area contributed by atoms with E-state index in [1.165, 1.54) is 20.0 Å². The van der Waals surface area contributed by atoms with Crippen molar-refractivity contribution in [1.29, 1.82) is 0 Å². The first-order valence-corrected chi connectivity index (χ1v) is 7.62. The zero-order chi connectivity index (χ0) is 14.9. The lowest BCUT2D eigenvalue weighted by Gasteiger charge is -1.98. The Morgan fingerprint density at radius 2 is 1.85 bits per heavy atom. The third-order valence-electron chi connectivity index (χ3n) is 2.99. The van der Waals surface area contributed by atoms with Crippen molar-refractivity contribution in [3.63, 3.8) is 0 Å². The van der Waals surface area contributed by atoms with E-state index in [0.717, 1.165) is 44.9 Å². The van der Waals surface area contributed by atoms with E-state index < -0.39 is 0 Å². The van der Waals surface area contributed by atoms with Crippen LogP contribution in [0.15, 0.2) is 24.8 Å². The van der Waals surface area contributed by atoms with Crippen LogP contribution in [0.3, 0.4) is 0 Å². The van der Waals surface area contributed by atoms with Gasteiger partial charge in [0.1, 0.15) is 0 Å². The minimum atomic E-state index is -0.108. The molecule has 112 valence electrons. The van der Waals surface area contributed by atoms with E-state index in [2.05, 4.69) is 29.2 Å². The number of methoxy groups -OCH3 is 1. The van der Waals surface area contributed by atoms with Gasteiger partial charge >= 0.3 is 5.97 Å². The van der Waals surface area contributed by atoms with Gasteiger partial charge < -0.3 is 4.74 Å². The fraction of sp³-hybridized carbons (Fsp3) is 0.611. The number of hydrogen-bond donors (Lipinski definition) is 0. The summed E-state index contributed by atoms with van der Waals surface area (Å²) in [5.74, 6) is 6.12. The maximum atomic E-state index is 10.9. The number of rotatable bonds is 11. The van der Waals surface area contributed by atoms with Crippen molar-refractivity contribution in [3.05, 3.63) is 24.8 Å². The van der Waals surface area contributed by atoms with E-state index >= 15 is 0 Å². The lowest BCUT2D eigenvalue weighted by molar-refractivity contribution is -0.140. The summed E-state index contributed by atoms with van der Waals surface area (Å²) in [6, 6.07) is 0. The van der Waals surface area contributed by atoms with Crippen molar-refractivity contribution in [2.75, 3.05) is 7.11 Å². The van der Waals surface area contributed by atoms with E-state index in [0.29, 0.717) is 6.42 Å². The van der Waals surface area contributed by atoms with Crippen LogP contribution in [0, 0.1) is 11.8 Å². The second kappa shape index (κ2) is 15.6. The Bertz CT molecular complexity index is 331. The van der Waals surface area contributed by atoms with Gasteiger partial charge in [0.05, 0.1) is 7.11 Å². The van der Waals surface area contributed by atoms with Crippen LogP contribution in [-0.2, 0) is 9.53 Å². The SMILES string of the molecule is C=CCCCC/C=C/C#CCCCCCCC(=O)OC. The molecule has 2 heteroatoms. The first-order valence-electron chi connectivity index (χ1n) is 7.62. The van der Waals surface area contributed by atoms with Crippen molar-refractivity contribution in [2.45, 2.75) is 64.2 Å². The predicted molar refractivity (Wildman–Crippen MR) is 85.3 cm³/mol. The summed E-state index contributed by atoms with van der Waals surface area (Å²) in [7, 11) is 1.44. The standard InChI is InChI=1S/C18H28O2/c1-3-4-5-6-7-8-9-10-11-12-13-14-15-16-17-18(19)20-2/h3,8-9H,1,4-7,12-17H2,2H3/b9-8+. The molecular weight excluding hydrogens is 248 g/mol. The molecule has 2 nitrogen and oxygen atoms in total. The molecular formula is C18H28O2. The van der Waals surface area contributed by atoms with Gasteiger partial charge in [-0.15, -0.1) is 6.58 Å². The van der Waals surface area contributed by atoms with Gasteiger partial charge in [-0.1, -0.05) is 36.8 Å². The monoisotopic (exact) mass is 276 g/mol. The van der Waals surface area contributed by atoms with Crippen molar-refractivity contribution in [1.82, 2.24) is 0 Å². The summed E-state index contributed by atoms with van der Waals surface area (Å²) in [4.78, 5) is 10.9. The lowest BCUT2D eigenvalue weighted by Crippen LogP contribution is -1.98. The Labute approximate surface area is 124 Å². The number of hydrogen-bond acceptors (Lipinski definition) is 2. The first kappa shape index (κ1) is 18.5. The Kier molecular flexibility index (Phi) is 14.4. The van der Waals surface area contributed by atoms with E-state index in [1.54, 1.807) is 0 Å². The van der Waals surface area contributed by atoms with Gasteiger partial charge in [0.2, 0.25) is 0 Å². The Hall–Kier alpha value is -1.49. The van der Waals surface area contributed by atoms with Gasteiger partial charge in [-0.05, 0) is 44.6 Å². The van der Waals surface area contributed by atoms with E-state index in [1.807, 2.05) is 12.2 Å². The number of allylic oxidation sites excluding steroid dienone is 3. The third-order valence-corrected chi connectivity index (χ3v) is 2.99. The summed E-state index contributed by atoms with van der Waals surface area (Å²) in [6.07, 6.45) is 16.4. The number of carbonyl (C=O) groups excluding carboxylic acids is 1. The quantitative estimate of drug-likeness (QED) is 0.234. The molecule has 0 atom stereocenters. The van der Waals surface area contributed by atoms with Gasteiger partial charge in [0.15, 0.2) is 0 Å². The molecule has 0 N–H and O–H groups in total. The molecule has 0 fully saturated rings. The molecule has 0 aliphatic heterocycles. The zero-order valence-corrected chi connectivity index (χ0v) is 12.8. The molecule has 0 rings (SSSR count). The molecule has 0 aliphatic carbocycles. The number of carbonyl (C=O) groups is 1. The average molecular weight is 276 g/mol. The number of ether oxygens (including phenoxy) is 1. The molecule has 0 aromatic carbocycles. The number of esters is 1. The Morgan fingerprint density at radius 3 is 2.60 bits per heavy atom. The largest absolute Gasteiger partial charge is 0.469 e. The zero-order valence-electron chi connectivity index (χ0n) is 12.8. The lowest BCUT2D eigenvalue weighted by atomic mass is 10.1. The summed E-state index contributed by atoms with van der Waals surface area (Å²) < 4.78 is 4.59. The molecule has 0 spiro atoms. The molecule has 0 aromatic heterocycles. The topological polar surface area (TPSA) is 26.3 Å². The van der Waals surface area contributed by atoms with Crippen LogP contribution in [-0.4, -0.2) is 13.1 Å². The normalized spacial score (nSPS) is 10.1. The molecule has 20 heavy (non-hydrogen) atoms. The Morgan fingerprint density at radius 1 is 1.10 bits per heavy atom. The van der Waals surface area contributed by atoms with Crippen LogP contribution in [0.1, 0.15) is 64.2 Å². The van der Waals surface area contributed by atoms with E-state index in [-0.39, 0.29) is 5.97 Å². The molecule has 0 unspecified atom stereocenters. The van der Waals surface area contributed by atoms with Crippen molar-refractivity contribution in [2.24, 2.45) is 0 Å². The highest BCUT2D eigenvalue weighted by Gasteiger charge is 1.98. The fourth-order valence-electron chi connectivity index (χ4n) is 1.76. The van der Waals surface area contributed by atoms with E-state index in [9.17, 15) is 4.79 Å². The van der Waals surface area contributed by atoms with E-state index in [4.69, 9.17) is 0 Å². The minimum Gasteiger partial charge on any atom is -0.469 e. The van der Waals surface area contributed by atoms with Gasteiger partial charge in [-0.3, -0.25) is 4.79 Å². The molecule has 0 radical (unpaired) electrons. The highest BCUT2D eigenvalue weighted by atomic mass is 16.5. The highest BCUT2D eigenvalue weighted by molar-refractivity contribution is 5.68. The van der Waals surface area contributed by atoms with Gasteiger partial charge in [-0.2, -0.15) is 0 Å². The molecule has 0 aromatic rings. The van der Waals surface area contributed by atoms with Gasteiger partial charge in [0, 0.05) is 12.8 Å². The van der Waals surface area contributed by atoms with Crippen molar-refractivity contribution >= 4 is 5.97 Å². The third kappa shape index (κ3) is 14.6. The molecule has 0 bridgehead atoms. The second-order valence-electron chi connectivity index (χ2n) is 4.79. The summed E-state index contributed by atoms with van der Waals surface area (Å²) >= 11 is 0. The molecule has 0 amide bonds. The smallest absolute Gasteiger partial charge is 0.305 e. The van der Waals surface area contributed by atoms with Crippen molar-refractivity contribution < 1.29 is 9.53 Å². The highest BCUT2D eigenvalue weighted by Crippen LogP contribution is 2.05. The van der Waals surface area contributed by atoms with Crippen LogP contribution in [0.4, 0.5) is 0 Å². The first-order chi connectivity index (χ1) is 9.81. The Balaban J connectivity index is 3.30. The van der Waals surface area contributed by atoms with Crippen LogP contribution < -0.4 is 0 Å². The molecule has 0 heterocycles. The van der Waals surface area contributed by atoms with Gasteiger partial charge in [-0.25, -0.2) is 0 Å². The minimum absolute atomic E-state index is 0.108. The van der Waals surface area contributed by atoms with Gasteiger partial charge in [0.25, 0.3) is 0 Å². The molecule has 0 saturated heterocycles. The molecule has 0 saturated carbocycles. The van der Waals surface area contributed by atoms with Crippen molar-refractivity contribution in [3.8, 4) is 11.8 Å². The fourth-order valence-corrected chi connectivity index (χ4v) is 1.76. The maximum Gasteiger partial charge on any atom is 0.305 e. The van der Waals surface area contributed by atoms with Crippen LogP contribution in [0.2, 0.25) is 0 Å². The summed E-state index contributed by atoms with van der Waals surface area (Å²) in [6.45, 7) is 3.70. The van der Waals surface area contributed by atoms with Crippen LogP contribution in [0.25, 0.3) is 0 Å².